The van der Waals surface area contributed by atoms with E-state index in [2.05, 4.69) is 19.9 Å². The maximum atomic E-state index is 12.5. The number of piperidine rings is 1. The summed E-state index contributed by atoms with van der Waals surface area (Å²) < 4.78 is 63.5. The summed E-state index contributed by atoms with van der Waals surface area (Å²) in [6.07, 6.45) is -4.20. The first-order valence-electron chi connectivity index (χ1n) is 11.0. The zero-order chi connectivity index (χ0) is 28.7. The number of carboxylic acid groups (broad SMARTS) is 2. The van der Waals surface area contributed by atoms with Crippen LogP contribution in [0.3, 0.4) is 0 Å². The first kappa shape index (κ1) is 30.2. The smallest absolute Gasteiger partial charge is 0.475 e. The lowest BCUT2D eigenvalue weighted by Gasteiger charge is -2.39. The van der Waals surface area contributed by atoms with Crippen molar-refractivity contribution in [3.8, 4) is 0 Å². The van der Waals surface area contributed by atoms with Crippen LogP contribution in [-0.4, -0.2) is 78.9 Å². The fourth-order valence-electron chi connectivity index (χ4n) is 3.90. The molecule has 2 aliphatic heterocycles. The first-order valence-corrected chi connectivity index (χ1v) is 11.0. The van der Waals surface area contributed by atoms with Crippen LogP contribution in [0.5, 0.6) is 0 Å². The number of amides is 1. The molecular formula is C22H23F6N5O5. The van der Waals surface area contributed by atoms with E-state index in [-0.39, 0.29) is 11.9 Å². The lowest BCUT2D eigenvalue weighted by atomic mass is 9.96. The molecule has 10 nitrogen and oxygen atoms in total. The number of nitrogens with zero attached hydrogens (tertiary/aromatic N) is 5. The summed E-state index contributed by atoms with van der Waals surface area (Å²) in [5.41, 5.74) is 1.94. The van der Waals surface area contributed by atoms with Gasteiger partial charge < -0.3 is 20.0 Å². The molecule has 0 saturated carbocycles. The largest absolute Gasteiger partial charge is 0.490 e. The summed E-state index contributed by atoms with van der Waals surface area (Å²) in [5, 5.41) is 14.2. The number of likely N-dealkylation sites (tertiary alicyclic amines) is 1. The van der Waals surface area contributed by atoms with E-state index < -0.39 is 24.3 Å². The van der Waals surface area contributed by atoms with Crippen LogP contribution in [0.15, 0.2) is 36.7 Å². The predicted molar refractivity (Wildman–Crippen MR) is 118 cm³/mol. The highest BCUT2D eigenvalue weighted by Gasteiger charge is 2.44. The number of carboxylic acids is 2. The Bertz CT molecular complexity index is 1090. The topological polar surface area (TPSA) is 137 Å². The van der Waals surface area contributed by atoms with E-state index in [0.29, 0.717) is 19.0 Å². The number of carbonyl (C=O) groups excluding carboxylic acids is 1. The highest BCUT2D eigenvalue weighted by molar-refractivity contribution is 5.78. The van der Waals surface area contributed by atoms with Gasteiger partial charge in [0.1, 0.15) is 0 Å². The van der Waals surface area contributed by atoms with Crippen molar-refractivity contribution in [3.63, 3.8) is 0 Å². The summed E-state index contributed by atoms with van der Waals surface area (Å²) in [5.74, 6) is -4.51. The Morgan fingerprint density at radius 2 is 1.50 bits per heavy atom. The van der Waals surface area contributed by atoms with Gasteiger partial charge in [0.25, 0.3) is 0 Å². The van der Waals surface area contributed by atoms with Crippen LogP contribution in [0, 0.1) is 6.92 Å². The molecule has 0 spiro atoms. The number of hydrogen-bond donors (Lipinski definition) is 2. The van der Waals surface area contributed by atoms with E-state index in [1.165, 1.54) is 0 Å². The van der Waals surface area contributed by atoms with Crippen LogP contribution in [0.2, 0.25) is 0 Å². The van der Waals surface area contributed by atoms with Gasteiger partial charge in [0.2, 0.25) is 11.9 Å². The van der Waals surface area contributed by atoms with E-state index in [1.807, 2.05) is 36.1 Å². The molecule has 0 unspecified atom stereocenters. The van der Waals surface area contributed by atoms with Crippen LogP contribution in [0.1, 0.15) is 30.7 Å². The Morgan fingerprint density at radius 1 is 0.947 bits per heavy atom. The second-order valence-corrected chi connectivity index (χ2v) is 8.10. The molecule has 16 heteroatoms. The molecule has 2 aromatic heterocycles. The van der Waals surface area contributed by atoms with E-state index in [0.717, 1.165) is 36.7 Å². The number of halogens is 6. The Balaban J connectivity index is 0.000000301. The van der Waals surface area contributed by atoms with Crippen molar-refractivity contribution in [1.29, 1.82) is 0 Å². The summed E-state index contributed by atoms with van der Waals surface area (Å²) >= 11 is 0. The third-order valence-electron chi connectivity index (χ3n) is 5.46. The fourth-order valence-corrected chi connectivity index (χ4v) is 3.90. The van der Waals surface area contributed by atoms with Gasteiger partial charge in [0.05, 0.1) is 24.3 Å². The maximum absolute atomic E-state index is 12.5. The van der Waals surface area contributed by atoms with Crippen molar-refractivity contribution in [2.24, 2.45) is 0 Å². The first-order chi connectivity index (χ1) is 17.6. The monoisotopic (exact) mass is 551 g/mol. The number of carbonyl (C=O) groups is 3. The number of hydrogen-bond acceptors (Lipinski definition) is 7. The van der Waals surface area contributed by atoms with Gasteiger partial charge in [-0.3, -0.25) is 9.78 Å². The average Bonchev–Trinajstić information content (AvgIpc) is 3.25. The molecule has 2 atom stereocenters. The van der Waals surface area contributed by atoms with Crippen LogP contribution in [-0.2, 0) is 20.9 Å². The van der Waals surface area contributed by atoms with Crippen LogP contribution >= 0.6 is 0 Å². The zero-order valence-electron chi connectivity index (χ0n) is 19.8. The summed E-state index contributed by atoms with van der Waals surface area (Å²) in [6, 6.07) is 8.33. The normalized spacial score (nSPS) is 19.0. The van der Waals surface area contributed by atoms with Crippen molar-refractivity contribution in [2.75, 3.05) is 11.4 Å². The zero-order valence-corrected chi connectivity index (χ0v) is 19.8. The molecule has 4 rings (SSSR count). The highest BCUT2D eigenvalue weighted by Crippen LogP contribution is 2.34. The van der Waals surface area contributed by atoms with Gasteiger partial charge in [-0.15, -0.1) is 0 Å². The quantitative estimate of drug-likeness (QED) is 0.551. The number of alkyl halides is 6. The number of pyridine rings is 1. The molecule has 2 aromatic rings. The summed E-state index contributed by atoms with van der Waals surface area (Å²) in [6.45, 7) is 3.46. The number of rotatable bonds is 3. The minimum Gasteiger partial charge on any atom is -0.475 e. The highest BCUT2D eigenvalue weighted by atomic mass is 19.4. The van der Waals surface area contributed by atoms with Crippen molar-refractivity contribution in [3.05, 3.63) is 48.0 Å². The van der Waals surface area contributed by atoms with E-state index in [4.69, 9.17) is 19.8 Å². The molecule has 0 bridgehead atoms. The van der Waals surface area contributed by atoms with Gasteiger partial charge in [0.15, 0.2) is 0 Å². The molecule has 208 valence electrons. The number of aryl methyl sites for hydroxylation is 1. The van der Waals surface area contributed by atoms with Crippen LogP contribution < -0.4 is 4.90 Å². The van der Waals surface area contributed by atoms with Crippen molar-refractivity contribution in [2.45, 2.75) is 57.2 Å². The molecule has 2 fully saturated rings. The molecule has 1 amide bonds. The van der Waals surface area contributed by atoms with Crippen LogP contribution in [0.25, 0.3) is 0 Å². The molecule has 0 radical (unpaired) electrons. The fraction of sp³-hybridized carbons (Fsp3) is 0.455. The van der Waals surface area contributed by atoms with Gasteiger partial charge in [-0.2, -0.15) is 26.3 Å². The minimum absolute atomic E-state index is 0.220. The van der Waals surface area contributed by atoms with Gasteiger partial charge in [-0.1, -0.05) is 6.07 Å². The van der Waals surface area contributed by atoms with E-state index >= 15 is 0 Å². The van der Waals surface area contributed by atoms with Crippen molar-refractivity contribution < 1.29 is 50.9 Å². The van der Waals surface area contributed by atoms with Crippen LogP contribution in [0.4, 0.5) is 32.3 Å². The standard InChI is InChI=1S/C18H21N5O.2C2HF3O2/c1-13-4-2-5-14(21-13)12-23-16-8-11-22(15(16)6-7-17(23)24)18-19-9-3-10-20-18;2*3-2(4,5)1(6)7/h2-5,9-10,15-16H,6-8,11-12H2,1H3;2*(H,6,7)/t15-,16-;;/m1../s1. The molecule has 2 saturated heterocycles. The Hall–Kier alpha value is -3.98. The SMILES string of the molecule is Cc1cccc(CN2C(=O)CC[C@@H]3[C@H]2CCN3c2ncccn2)n1.O=C(O)C(F)(F)F.O=C(O)C(F)(F)F. The Morgan fingerprint density at radius 3 is 2.00 bits per heavy atom. The molecule has 0 aromatic carbocycles. The van der Waals surface area contributed by atoms with Crippen molar-refractivity contribution >= 4 is 23.8 Å². The predicted octanol–water partition coefficient (Wildman–Crippen LogP) is 3.22. The Kier molecular flexibility index (Phi) is 9.96. The summed E-state index contributed by atoms with van der Waals surface area (Å²) in [4.78, 5) is 47.9. The van der Waals surface area contributed by atoms with E-state index in [1.54, 1.807) is 12.4 Å². The van der Waals surface area contributed by atoms with E-state index in [9.17, 15) is 31.1 Å². The lowest BCUT2D eigenvalue weighted by molar-refractivity contribution is -0.193. The van der Waals surface area contributed by atoms with Gasteiger partial charge in [-0.05, 0) is 38.0 Å². The number of aliphatic carboxylic acids is 2. The number of fused-ring (bicyclic) bond motifs is 1. The third-order valence-corrected chi connectivity index (χ3v) is 5.46. The average molecular weight is 551 g/mol. The molecule has 0 aliphatic carbocycles. The molecule has 38 heavy (non-hydrogen) atoms. The van der Waals surface area contributed by atoms with Gasteiger partial charge >= 0.3 is 24.3 Å². The van der Waals surface area contributed by atoms with Gasteiger partial charge in [-0.25, -0.2) is 19.6 Å². The number of aromatic nitrogens is 3. The third kappa shape index (κ3) is 8.55. The molecular weight excluding hydrogens is 528 g/mol. The molecule has 2 aliphatic rings. The molecule has 4 heterocycles. The summed E-state index contributed by atoms with van der Waals surface area (Å²) in [7, 11) is 0. The number of anilines is 1. The molecule has 2 N–H and O–H groups in total. The minimum atomic E-state index is -5.08. The lowest BCUT2D eigenvalue weighted by Crippen LogP contribution is -2.52. The Labute approximate surface area is 211 Å². The second-order valence-electron chi connectivity index (χ2n) is 8.10. The maximum Gasteiger partial charge on any atom is 0.490 e. The second kappa shape index (κ2) is 12.5. The van der Waals surface area contributed by atoms with Crippen molar-refractivity contribution in [1.82, 2.24) is 19.9 Å². The van der Waals surface area contributed by atoms with Gasteiger partial charge in [0, 0.05) is 31.1 Å².